The summed E-state index contributed by atoms with van der Waals surface area (Å²) in [6.07, 6.45) is -0.568. The molecular weight excluding hydrogens is 276 g/mol. The molecule has 1 fully saturated rings. The molecule has 3 rings (SSSR count). The molecule has 2 N–H and O–H groups in total. The molecular formula is C18H20N2O2. The van der Waals surface area contributed by atoms with E-state index < -0.39 is 6.23 Å². The van der Waals surface area contributed by atoms with Crippen molar-refractivity contribution in [3.05, 3.63) is 71.8 Å². The van der Waals surface area contributed by atoms with Crippen molar-refractivity contribution in [3.8, 4) is 0 Å². The molecule has 0 aromatic heterocycles. The van der Waals surface area contributed by atoms with E-state index in [1.54, 1.807) is 11.9 Å². The van der Waals surface area contributed by atoms with E-state index >= 15 is 0 Å². The van der Waals surface area contributed by atoms with Crippen molar-refractivity contribution in [1.82, 2.24) is 4.90 Å². The number of ether oxygens (including phenoxy) is 1. The number of amides is 1. The minimum Gasteiger partial charge on any atom is -0.353 e. The molecule has 1 heterocycles. The van der Waals surface area contributed by atoms with Crippen LogP contribution in [0.2, 0.25) is 0 Å². The Kier molecular flexibility index (Phi) is 4.22. The lowest BCUT2D eigenvalue weighted by molar-refractivity contribution is -0.131. The molecule has 1 aliphatic heterocycles. The first-order chi connectivity index (χ1) is 10.7. The minimum atomic E-state index is -0.566. The van der Waals surface area contributed by atoms with Gasteiger partial charge in [-0.05, 0) is 11.1 Å². The first kappa shape index (κ1) is 14.8. The topological polar surface area (TPSA) is 55.6 Å². The molecule has 0 aliphatic carbocycles. The number of nitrogens with zero attached hydrogens (tertiary/aromatic N) is 1. The minimum absolute atomic E-state index is 0.0376. The summed E-state index contributed by atoms with van der Waals surface area (Å²) in [5.74, 6) is 0.0376. The third kappa shape index (κ3) is 2.89. The highest BCUT2D eigenvalue weighted by molar-refractivity contribution is 5.77. The van der Waals surface area contributed by atoms with Crippen molar-refractivity contribution < 1.29 is 9.53 Å². The number of carbonyl (C=O) groups excluding carboxylic acids is 1. The van der Waals surface area contributed by atoms with Gasteiger partial charge in [-0.25, -0.2) is 0 Å². The Hall–Kier alpha value is -2.17. The van der Waals surface area contributed by atoms with Crippen molar-refractivity contribution in [2.75, 3.05) is 7.05 Å². The van der Waals surface area contributed by atoms with Gasteiger partial charge in [-0.3, -0.25) is 4.79 Å². The number of hydrogen-bond donors (Lipinski definition) is 1. The first-order valence-corrected chi connectivity index (χ1v) is 7.43. The summed E-state index contributed by atoms with van der Waals surface area (Å²) in [5, 5.41) is 0. The Balaban J connectivity index is 1.91. The van der Waals surface area contributed by atoms with Crippen LogP contribution >= 0.6 is 0 Å². The summed E-state index contributed by atoms with van der Waals surface area (Å²) >= 11 is 0. The largest absolute Gasteiger partial charge is 0.353 e. The number of likely N-dealkylation sites (N-methyl/N-ethyl adjacent to an activating group) is 1. The average molecular weight is 296 g/mol. The van der Waals surface area contributed by atoms with Gasteiger partial charge >= 0.3 is 0 Å². The molecule has 1 saturated heterocycles. The SMILES string of the molecule is CN1C(=O)CC(c2ccccc2)OC(N)C1c1ccccc1. The zero-order chi connectivity index (χ0) is 15.5. The number of carbonyl (C=O) groups is 1. The van der Waals surface area contributed by atoms with Gasteiger partial charge in [-0.1, -0.05) is 60.7 Å². The third-order valence-corrected chi connectivity index (χ3v) is 4.12. The highest BCUT2D eigenvalue weighted by atomic mass is 16.5. The molecule has 4 heteroatoms. The Morgan fingerprint density at radius 2 is 1.55 bits per heavy atom. The Bertz CT molecular complexity index is 630. The summed E-state index contributed by atoms with van der Waals surface area (Å²) in [4.78, 5) is 14.2. The molecule has 3 unspecified atom stereocenters. The van der Waals surface area contributed by atoms with Crippen LogP contribution in [-0.2, 0) is 9.53 Å². The molecule has 2 aromatic carbocycles. The average Bonchev–Trinajstić information content (AvgIpc) is 2.66. The second kappa shape index (κ2) is 6.30. The smallest absolute Gasteiger partial charge is 0.225 e. The molecule has 0 bridgehead atoms. The van der Waals surface area contributed by atoms with Gasteiger partial charge in [0.15, 0.2) is 0 Å². The van der Waals surface area contributed by atoms with E-state index in [1.807, 2.05) is 60.7 Å². The zero-order valence-corrected chi connectivity index (χ0v) is 12.6. The molecule has 114 valence electrons. The van der Waals surface area contributed by atoms with Gasteiger partial charge in [0.25, 0.3) is 0 Å². The fourth-order valence-electron chi connectivity index (χ4n) is 2.92. The van der Waals surface area contributed by atoms with E-state index in [2.05, 4.69) is 0 Å². The van der Waals surface area contributed by atoms with Gasteiger partial charge in [0.2, 0.25) is 5.91 Å². The van der Waals surface area contributed by atoms with E-state index in [0.29, 0.717) is 6.42 Å². The Morgan fingerprint density at radius 3 is 2.14 bits per heavy atom. The molecule has 0 spiro atoms. The van der Waals surface area contributed by atoms with Crippen LogP contribution in [0.3, 0.4) is 0 Å². The summed E-state index contributed by atoms with van der Waals surface area (Å²) in [5.41, 5.74) is 8.24. The predicted molar refractivity (Wildman–Crippen MR) is 84.8 cm³/mol. The number of benzene rings is 2. The van der Waals surface area contributed by atoms with E-state index in [-0.39, 0.29) is 18.1 Å². The summed E-state index contributed by atoms with van der Waals surface area (Å²) in [7, 11) is 1.79. The molecule has 4 nitrogen and oxygen atoms in total. The maximum Gasteiger partial charge on any atom is 0.225 e. The van der Waals surface area contributed by atoms with Gasteiger partial charge in [-0.15, -0.1) is 0 Å². The van der Waals surface area contributed by atoms with Crippen LogP contribution in [0.15, 0.2) is 60.7 Å². The van der Waals surface area contributed by atoms with E-state index in [0.717, 1.165) is 11.1 Å². The predicted octanol–water partition coefficient (Wildman–Crippen LogP) is 2.63. The maximum atomic E-state index is 12.5. The lowest BCUT2D eigenvalue weighted by Gasteiger charge is -2.30. The van der Waals surface area contributed by atoms with Gasteiger partial charge in [0.1, 0.15) is 6.23 Å². The van der Waals surface area contributed by atoms with Crippen LogP contribution in [0.4, 0.5) is 0 Å². The third-order valence-electron chi connectivity index (χ3n) is 4.12. The van der Waals surface area contributed by atoms with E-state index in [1.165, 1.54) is 0 Å². The summed E-state index contributed by atoms with van der Waals surface area (Å²) in [6.45, 7) is 0. The molecule has 0 radical (unpaired) electrons. The van der Waals surface area contributed by atoms with Gasteiger partial charge < -0.3 is 15.4 Å². The second-order valence-corrected chi connectivity index (χ2v) is 5.56. The molecule has 1 amide bonds. The molecule has 3 atom stereocenters. The molecule has 0 saturated carbocycles. The van der Waals surface area contributed by atoms with E-state index in [9.17, 15) is 4.79 Å². The van der Waals surface area contributed by atoms with Crippen LogP contribution in [0.1, 0.15) is 29.7 Å². The van der Waals surface area contributed by atoms with Crippen molar-refractivity contribution in [1.29, 1.82) is 0 Å². The quantitative estimate of drug-likeness (QED) is 0.927. The fourth-order valence-corrected chi connectivity index (χ4v) is 2.92. The van der Waals surface area contributed by atoms with Crippen molar-refractivity contribution in [2.24, 2.45) is 5.73 Å². The standard InChI is InChI=1S/C18H20N2O2/c1-20-16(21)12-15(13-8-4-2-5-9-13)22-18(19)17(20)14-10-6-3-7-11-14/h2-11,15,17-18H,12,19H2,1H3. The lowest BCUT2D eigenvalue weighted by atomic mass is 10.0. The van der Waals surface area contributed by atoms with Crippen molar-refractivity contribution in [2.45, 2.75) is 24.8 Å². The first-order valence-electron chi connectivity index (χ1n) is 7.43. The number of hydrogen-bond acceptors (Lipinski definition) is 3. The van der Waals surface area contributed by atoms with Crippen LogP contribution in [0.25, 0.3) is 0 Å². The van der Waals surface area contributed by atoms with Gasteiger partial charge in [0, 0.05) is 7.05 Å². The van der Waals surface area contributed by atoms with Crippen LogP contribution in [-0.4, -0.2) is 24.1 Å². The van der Waals surface area contributed by atoms with Gasteiger partial charge in [-0.2, -0.15) is 0 Å². The molecule has 22 heavy (non-hydrogen) atoms. The lowest BCUT2D eigenvalue weighted by Crippen LogP contribution is -2.40. The monoisotopic (exact) mass is 296 g/mol. The summed E-state index contributed by atoms with van der Waals surface area (Å²) < 4.78 is 6.02. The molecule has 2 aromatic rings. The van der Waals surface area contributed by atoms with Crippen molar-refractivity contribution >= 4 is 5.91 Å². The van der Waals surface area contributed by atoms with Crippen LogP contribution < -0.4 is 5.73 Å². The maximum absolute atomic E-state index is 12.5. The Morgan fingerprint density at radius 1 is 1.00 bits per heavy atom. The normalized spacial score (nSPS) is 25.8. The zero-order valence-electron chi connectivity index (χ0n) is 12.6. The van der Waals surface area contributed by atoms with Gasteiger partial charge in [0.05, 0.1) is 18.6 Å². The van der Waals surface area contributed by atoms with Crippen molar-refractivity contribution in [3.63, 3.8) is 0 Å². The number of nitrogens with two attached hydrogens (primary N) is 1. The highest BCUT2D eigenvalue weighted by Gasteiger charge is 2.35. The van der Waals surface area contributed by atoms with Crippen LogP contribution in [0, 0.1) is 0 Å². The Labute approximate surface area is 130 Å². The summed E-state index contributed by atoms with van der Waals surface area (Å²) in [6, 6.07) is 19.3. The number of rotatable bonds is 2. The molecule has 1 aliphatic rings. The fraction of sp³-hybridized carbons (Fsp3) is 0.278. The highest BCUT2D eigenvalue weighted by Crippen LogP contribution is 2.33. The van der Waals surface area contributed by atoms with E-state index in [4.69, 9.17) is 10.5 Å². The van der Waals surface area contributed by atoms with Crippen LogP contribution in [0.5, 0.6) is 0 Å². The second-order valence-electron chi connectivity index (χ2n) is 5.56.